The Kier molecular flexibility index (Phi) is 3.23. The van der Waals surface area contributed by atoms with Crippen LogP contribution in [0.1, 0.15) is 71.6 Å². The van der Waals surface area contributed by atoms with Gasteiger partial charge in [0.2, 0.25) is 0 Å². The molecule has 0 aromatic carbocycles. The van der Waals surface area contributed by atoms with Gasteiger partial charge in [-0.25, -0.2) is 0 Å². The molecule has 0 unspecified atom stereocenters. The molecular formula is C20H29NO. The molecule has 2 heteroatoms. The number of rotatable bonds is 0. The number of Topliss-reactive ketones (excluding diaryl/α,β-unsaturated/α-hetero) is 1. The zero-order valence-corrected chi connectivity index (χ0v) is 14.1. The molecule has 0 radical (unpaired) electrons. The second-order valence-electron chi connectivity index (χ2n) is 9.18. The van der Waals surface area contributed by atoms with Crippen LogP contribution >= 0.6 is 0 Å². The average Bonchev–Trinajstić information content (AvgIpc) is 2.82. The van der Waals surface area contributed by atoms with E-state index in [1.54, 1.807) is 0 Å². The van der Waals surface area contributed by atoms with Crippen LogP contribution < -0.4 is 0 Å². The van der Waals surface area contributed by atoms with Crippen LogP contribution in [-0.2, 0) is 4.79 Å². The van der Waals surface area contributed by atoms with Crippen LogP contribution in [0.2, 0.25) is 0 Å². The minimum Gasteiger partial charge on any atom is -0.299 e. The molecule has 0 amide bonds. The number of carbonyl (C=O) groups is 1. The predicted molar refractivity (Wildman–Crippen MR) is 85.8 cm³/mol. The number of fused-ring (bicyclic) bond motifs is 5. The lowest BCUT2D eigenvalue weighted by Crippen LogP contribution is -2.53. The third kappa shape index (κ3) is 1.81. The largest absolute Gasteiger partial charge is 0.299 e. The van der Waals surface area contributed by atoms with Crippen LogP contribution in [0.25, 0.3) is 0 Å². The third-order valence-corrected chi connectivity index (χ3v) is 8.56. The van der Waals surface area contributed by atoms with Gasteiger partial charge in [0, 0.05) is 17.8 Å². The van der Waals surface area contributed by atoms with E-state index in [2.05, 4.69) is 19.9 Å². The van der Waals surface area contributed by atoms with Crippen LogP contribution in [0.3, 0.4) is 0 Å². The van der Waals surface area contributed by atoms with E-state index in [1.807, 2.05) is 0 Å². The van der Waals surface area contributed by atoms with E-state index in [1.165, 1.54) is 25.7 Å². The maximum absolute atomic E-state index is 12.4. The number of nitrogens with zero attached hydrogens (tertiary/aromatic N) is 1. The monoisotopic (exact) mass is 299 g/mol. The molecule has 120 valence electrons. The Labute approximate surface area is 134 Å². The molecule has 4 saturated carbocycles. The van der Waals surface area contributed by atoms with Crippen molar-refractivity contribution in [3.05, 3.63) is 0 Å². The van der Waals surface area contributed by atoms with Crippen molar-refractivity contribution < 1.29 is 4.79 Å². The molecule has 4 fully saturated rings. The molecule has 4 rings (SSSR count). The highest BCUT2D eigenvalue weighted by molar-refractivity contribution is 5.87. The van der Waals surface area contributed by atoms with Crippen LogP contribution in [0.5, 0.6) is 0 Å². The third-order valence-electron chi connectivity index (χ3n) is 8.56. The molecule has 0 N–H and O–H groups in total. The van der Waals surface area contributed by atoms with Gasteiger partial charge >= 0.3 is 0 Å². The standard InChI is InChI=1S/C20H29NO/c1-19-9-7-13(12-21)11-14(19)3-4-15-16-5-6-18(22)20(16,2)10-8-17(15)19/h13-17H,3-11H2,1-2H3/t13-,14-,15+,16+,17+,19-,20-/m0/s1. The Balaban J connectivity index is 1.62. The molecule has 0 aromatic heterocycles. The molecule has 0 bridgehead atoms. The lowest BCUT2D eigenvalue weighted by atomic mass is 9.45. The topological polar surface area (TPSA) is 40.9 Å². The summed E-state index contributed by atoms with van der Waals surface area (Å²) in [6, 6.07) is 2.53. The van der Waals surface area contributed by atoms with Crippen molar-refractivity contribution in [1.82, 2.24) is 0 Å². The van der Waals surface area contributed by atoms with Crippen molar-refractivity contribution in [2.45, 2.75) is 71.6 Å². The van der Waals surface area contributed by atoms with E-state index >= 15 is 0 Å². The summed E-state index contributed by atoms with van der Waals surface area (Å²) in [4.78, 5) is 12.4. The number of hydrogen-bond acceptors (Lipinski definition) is 2. The van der Waals surface area contributed by atoms with Crippen LogP contribution in [0.15, 0.2) is 0 Å². The van der Waals surface area contributed by atoms with Gasteiger partial charge in [-0.15, -0.1) is 0 Å². The first-order chi connectivity index (χ1) is 10.5. The Bertz CT molecular complexity index is 534. The van der Waals surface area contributed by atoms with E-state index in [0.29, 0.717) is 23.0 Å². The number of nitriles is 1. The van der Waals surface area contributed by atoms with E-state index < -0.39 is 0 Å². The van der Waals surface area contributed by atoms with Gasteiger partial charge in [0.1, 0.15) is 5.78 Å². The fraction of sp³-hybridized carbons (Fsp3) is 0.900. The van der Waals surface area contributed by atoms with E-state index in [4.69, 9.17) is 0 Å². The summed E-state index contributed by atoms with van der Waals surface area (Å²) in [5, 5.41) is 9.30. The van der Waals surface area contributed by atoms with Crippen molar-refractivity contribution >= 4 is 5.78 Å². The van der Waals surface area contributed by atoms with Gasteiger partial charge in [-0.2, -0.15) is 5.26 Å². The summed E-state index contributed by atoms with van der Waals surface area (Å²) in [5.74, 6) is 3.87. The molecule has 0 aromatic rings. The fourth-order valence-corrected chi connectivity index (χ4v) is 7.15. The average molecular weight is 299 g/mol. The second-order valence-corrected chi connectivity index (χ2v) is 9.18. The summed E-state index contributed by atoms with van der Waals surface area (Å²) in [6.07, 6.45) is 10.5. The second kappa shape index (κ2) is 4.83. The molecule has 4 aliphatic carbocycles. The Morgan fingerprint density at radius 3 is 2.64 bits per heavy atom. The highest BCUT2D eigenvalue weighted by atomic mass is 16.1. The Morgan fingerprint density at radius 1 is 1.05 bits per heavy atom. The molecule has 22 heavy (non-hydrogen) atoms. The minimum atomic E-state index is 0.00815. The Morgan fingerprint density at radius 2 is 1.86 bits per heavy atom. The quantitative estimate of drug-likeness (QED) is 0.648. The van der Waals surface area contributed by atoms with Gasteiger partial charge in [0.05, 0.1) is 6.07 Å². The number of hydrogen-bond donors (Lipinski definition) is 0. The molecule has 0 saturated heterocycles. The SMILES string of the molecule is C[C@]12CC[C@H](C#N)C[C@@H]1CC[C@H]1[C@H]2CC[C@]2(C)C(=O)CC[C@H]12. The first kappa shape index (κ1) is 14.7. The smallest absolute Gasteiger partial charge is 0.139 e. The van der Waals surface area contributed by atoms with Crippen molar-refractivity contribution in [2.24, 2.45) is 40.4 Å². The lowest BCUT2D eigenvalue weighted by Gasteiger charge is -2.60. The highest BCUT2D eigenvalue weighted by Gasteiger charge is 2.60. The van der Waals surface area contributed by atoms with Gasteiger partial charge in [-0.1, -0.05) is 13.8 Å². The van der Waals surface area contributed by atoms with Gasteiger partial charge in [0.25, 0.3) is 0 Å². The van der Waals surface area contributed by atoms with Gasteiger partial charge in [-0.3, -0.25) is 4.79 Å². The van der Waals surface area contributed by atoms with Crippen molar-refractivity contribution in [3.63, 3.8) is 0 Å². The zero-order valence-electron chi connectivity index (χ0n) is 14.1. The maximum atomic E-state index is 12.4. The maximum Gasteiger partial charge on any atom is 0.139 e. The fourth-order valence-electron chi connectivity index (χ4n) is 7.15. The summed E-state index contributed by atoms with van der Waals surface area (Å²) in [7, 11) is 0. The predicted octanol–water partition coefficient (Wildman–Crippen LogP) is 4.74. The normalized spacial score (nSPS) is 54.0. The molecular weight excluding hydrogens is 270 g/mol. The molecule has 0 aliphatic heterocycles. The van der Waals surface area contributed by atoms with Crippen molar-refractivity contribution in [2.75, 3.05) is 0 Å². The summed E-state index contributed by atoms with van der Waals surface area (Å²) in [6.45, 7) is 4.80. The minimum absolute atomic E-state index is 0.00815. The van der Waals surface area contributed by atoms with Gasteiger partial charge < -0.3 is 0 Å². The van der Waals surface area contributed by atoms with Crippen molar-refractivity contribution in [3.8, 4) is 6.07 Å². The molecule has 7 atom stereocenters. The van der Waals surface area contributed by atoms with Crippen LogP contribution in [0.4, 0.5) is 0 Å². The number of carbonyl (C=O) groups excluding carboxylic acids is 1. The van der Waals surface area contributed by atoms with E-state index in [-0.39, 0.29) is 5.41 Å². The molecule has 0 spiro atoms. The Hall–Kier alpha value is -0.840. The lowest BCUT2D eigenvalue weighted by molar-refractivity contribution is -0.139. The van der Waals surface area contributed by atoms with Crippen LogP contribution in [-0.4, -0.2) is 5.78 Å². The summed E-state index contributed by atoms with van der Waals surface area (Å²) in [5.41, 5.74) is 0.456. The summed E-state index contributed by atoms with van der Waals surface area (Å²) >= 11 is 0. The van der Waals surface area contributed by atoms with Crippen molar-refractivity contribution in [1.29, 1.82) is 5.26 Å². The van der Waals surface area contributed by atoms with Gasteiger partial charge in [-0.05, 0) is 80.5 Å². The van der Waals surface area contributed by atoms with Crippen LogP contribution in [0, 0.1) is 51.8 Å². The molecule has 4 aliphatic rings. The van der Waals surface area contributed by atoms with Gasteiger partial charge in [0.15, 0.2) is 0 Å². The summed E-state index contributed by atoms with van der Waals surface area (Å²) < 4.78 is 0. The highest BCUT2D eigenvalue weighted by Crippen LogP contribution is 2.65. The number of ketones is 1. The van der Waals surface area contributed by atoms with E-state index in [9.17, 15) is 10.1 Å². The zero-order chi connectivity index (χ0) is 15.5. The first-order valence-corrected chi connectivity index (χ1v) is 9.42. The first-order valence-electron chi connectivity index (χ1n) is 9.42. The molecule has 0 heterocycles. The van der Waals surface area contributed by atoms with E-state index in [0.717, 1.165) is 49.9 Å². The molecule has 2 nitrogen and oxygen atoms in total.